The normalized spacial score (nSPS) is 22.3. The molecule has 2 aliphatic heterocycles. The highest BCUT2D eigenvalue weighted by molar-refractivity contribution is 8.15. The topological polar surface area (TPSA) is 68.2 Å². The number of benzene rings is 1. The van der Waals surface area contributed by atoms with E-state index in [2.05, 4.69) is 4.99 Å². The molecule has 1 aromatic carbocycles. The minimum absolute atomic E-state index is 0.0141. The Morgan fingerprint density at radius 3 is 2.65 bits per heavy atom. The lowest BCUT2D eigenvalue weighted by Gasteiger charge is -2.33. The van der Waals surface area contributed by atoms with Crippen molar-refractivity contribution in [2.24, 2.45) is 4.99 Å². The van der Waals surface area contributed by atoms with Crippen LogP contribution < -0.4 is 0 Å². The number of aliphatic imine (C=N–C) groups is 1. The summed E-state index contributed by atoms with van der Waals surface area (Å²) in [5.74, 6) is -0.478. The van der Waals surface area contributed by atoms with E-state index >= 15 is 0 Å². The highest BCUT2D eigenvalue weighted by Crippen LogP contribution is 2.43. The molecule has 0 aromatic heterocycles. The van der Waals surface area contributed by atoms with E-state index in [9.17, 15) is 9.59 Å². The number of amides is 1. The quantitative estimate of drug-likeness (QED) is 0.566. The zero-order valence-electron chi connectivity index (χ0n) is 15.1. The fourth-order valence-corrected chi connectivity index (χ4v) is 4.23. The minimum atomic E-state index is -0.518. The van der Waals surface area contributed by atoms with Crippen LogP contribution in [0.1, 0.15) is 31.9 Å². The molecule has 138 valence electrons. The molecule has 0 bridgehead atoms. The van der Waals surface area contributed by atoms with Crippen LogP contribution in [-0.2, 0) is 19.1 Å². The molecule has 6 nitrogen and oxygen atoms in total. The van der Waals surface area contributed by atoms with Gasteiger partial charge in [-0.25, -0.2) is 9.79 Å². The smallest absolute Gasteiger partial charge is 0.338 e. The van der Waals surface area contributed by atoms with E-state index in [0.29, 0.717) is 29.5 Å². The highest BCUT2D eigenvalue weighted by atomic mass is 32.2. The van der Waals surface area contributed by atoms with Gasteiger partial charge in [0, 0.05) is 7.11 Å². The zero-order chi connectivity index (χ0) is 18.7. The molecule has 2 aliphatic rings. The third kappa shape index (κ3) is 3.41. The van der Waals surface area contributed by atoms with Gasteiger partial charge in [0.25, 0.3) is 0 Å². The molecule has 2 unspecified atom stereocenters. The van der Waals surface area contributed by atoms with Crippen molar-refractivity contribution in [3.05, 3.63) is 47.2 Å². The molecule has 3 rings (SSSR count). The molecule has 0 radical (unpaired) electrons. The van der Waals surface area contributed by atoms with E-state index in [1.807, 2.05) is 37.3 Å². The lowest BCUT2D eigenvalue weighted by atomic mass is 9.94. The Morgan fingerprint density at radius 1 is 1.27 bits per heavy atom. The highest BCUT2D eigenvalue weighted by Gasteiger charge is 2.47. The van der Waals surface area contributed by atoms with Crippen LogP contribution in [0.3, 0.4) is 0 Å². The van der Waals surface area contributed by atoms with Gasteiger partial charge in [0.05, 0.1) is 29.2 Å². The van der Waals surface area contributed by atoms with Crippen molar-refractivity contribution in [3.8, 4) is 0 Å². The molecule has 1 saturated heterocycles. The fourth-order valence-electron chi connectivity index (χ4n) is 3.10. The second kappa shape index (κ2) is 8.05. The van der Waals surface area contributed by atoms with E-state index in [1.54, 1.807) is 18.9 Å². The van der Waals surface area contributed by atoms with E-state index < -0.39 is 12.0 Å². The van der Waals surface area contributed by atoms with Gasteiger partial charge >= 0.3 is 5.97 Å². The van der Waals surface area contributed by atoms with Crippen molar-refractivity contribution in [1.82, 2.24) is 4.90 Å². The van der Waals surface area contributed by atoms with E-state index in [1.165, 1.54) is 11.8 Å². The summed E-state index contributed by atoms with van der Waals surface area (Å²) in [7, 11) is 1.55. The van der Waals surface area contributed by atoms with Gasteiger partial charge in [-0.3, -0.25) is 9.69 Å². The van der Waals surface area contributed by atoms with Crippen LogP contribution in [0.4, 0.5) is 0 Å². The molecule has 0 N–H and O–H groups in total. The number of rotatable bonds is 6. The number of allylic oxidation sites excluding steroid dienone is 1. The Balaban J connectivity index is 2.02. The summed E-state index contributed by atoms with van der Waals surface area (Å²) in [5.41, 5.74) is 1.86. The van der Waals surface area contributed by atoms with Gasteiger partial charge in [-0.15, -0.1) is 0 Å². The standard InChI is InChI=1S/C19H22N2O4S/c1-4-14-17(22)21-16(13-8-6-5-7-9-13)15(12(2)20-19(21)26-14)18(23)25-11-10-24-3/h5-9,14,16H,4,10-11H2,1-3H3. The number of methoxy groups -OCH3 is 1. The largest absolute Gasteiger partial charge is 0.460 e. The maximum Gasteiger partial charge on any atom is 0.338 e. The Labute approximate surface area is 157 Å². The number of amidine groups is 1. The molecule has 1 aromatic rings. The predicted molar refractivity (Wildman–Crippen MR) is 101 cm³/mol. The van der Waals surface area contributed by atoms with Gasteiger partial charge in [-0.05, 0) is 18.9 Å². The first-order valence-electron chi connectivity index (χ1n) is 8.58. The van der Waals surface area contributed by atoms with E-state index in [4.69, 9.17) is 9.47 Å². The maximum atomic E-state index is 12.9. The zero-order valence-corrected chi connectivity index (χ0v) is 15.9. The Kier molecular flexibility index (Phi) is 5.78. The lowest BCUT2D eigenvalue weighted by molar-refractivity contribution is -0.141. The average Bonchev–Trinajstić information content (AvgIpc) is 2.96. The lowest BCUT2D eigenvalue weighted by Crippen LogP contribution is -2.40. The number of carbonyl (C=O) groups excluding carboxylic acids is 2. The monoisotopic (exact) mass is 374 g/mol. The first-order chi connectivity index (χ1) is 12.6. The Hall–Kier alpha value is -2.12. The number of hydrogen-bond acceptors (Lipinski definition) is 6. The molecule has 0 spiro atoms. The van der Waals surface area contributed by atoms with Crippen molar-refractivity contribution in [1.29, 1.82) is 0 Å². The molecular formula is C19H22N2O4S. The SMILES string of the molecule is CCC1SC2=NC(C)=C(C(=O)OCCOC)C(c3ccccc3)N2C1=O. The van der Waals surface area contributed by atoms with Gasteiger partial charge in [-0.2, -0.15) is 0 Å². The molecule has 0 aliphatic carbocycles. The van der Waals surface area contributed by atoms with Crippen LogP contribution in [-0.4, -0.2) is 47.5 Å². The van der Waals surface area contributed by atoms with Crippen LogP contribution in [0.2, 0.25) is 0 Å². The number of fused-ring (bicyclic) bond motifs is 1. The molecule has 26 heavy (non-hydrogen) atoms. The van der Waals surface area contributed by atoms with E-state index in [0.717, 1.165) is 5.56 Å². The second-order valence-corrected chi connectivity index (χ2v) is 7.23. The van der Waals surface area contributed by atoms with Crippen molar-refractivity contribution in [2.75, 3.05) is 20.3 Å². The van der Waals surface area contributed by atoms with Crippen LogP contribution in [0.5, 0.6) is 0 Å². The molecule has 2 heterocycles. The number of ether oxygens (including phenoxy) is 2. The predicted octanol–water partition coefficient (Wildman–Crippen LogP) is 2.91. The van der Waals surface area contributed by atoms with Crippen LogP contribution in [0.25, 0.3) is 0 Å². The molecule has 7 heteroatoms. The first-order valence-corrected chi connectivity index (χ1v) is 9.46. The minimum Gasteiger partial charge on any atom is -0.460 e. The van der Waals surface area contributed by atoms with Crippen molar-refractivity contribution >= 4 is 28.8 Å². The third-order valence-corrected chi connectivity index (χ3v) is 5.70. The van der Waals surface area contributed by atoms with Crippen LogP contribution >= 0.6 is 11.8 Å². The number of carbonyl (C=O) groups is 2. The third-order valence-electron chi connectivity index (χ3n) is 4.38. The summed E-state index contributed by atoms with van der Waals surface area (Å²) in [6, 6.07) is 9.02. The Bertz CT molecular complexity index is 760. The van der Waals surface area contributed by atoms with Gasteiger partial charge < -0.3 is 9.47 Å². The van der Waals surface area contributed by atoms with Gasteiger partial charge in [0.15, 0.2) is 5.17 Å². The molecule has 1 amide bonds. The van der Waals surface area contributed by atoms with Gasteiger partial charge in [0.2, 0.25) is 5.91 Å². The van der Waals surface area contributed by atoms with Crippen molar-refractivity contribution < 1.29 is 19.1 Å². The summed E-state index contributed by atoms with van der Waals surface area (Å²) in [4.78, 5) is 31.9. The van der Waals surface area contributed by atoms with Crippen LogP contribution in [0.15, 0.2) is 46.6 Å². The first kappa shape index (κ1) is 18.7. The number of hydrogen-bond donors (Lipinski definition) is 0. The number of esters is 1. The number of nitrogens with zero attached hydrogens (tertiary/aromatic N) is 2. The molecule has 0 saturated carbocycles. The summed E-state index contributed by atoms with van der Waals surface area (Å²) < 4.78 is 10.3. The summed E-state index contributed by atoms with van der Waals surface area (Å²) in [5, 5.41) is 0.485. The average molecular weight is 374 g/mol. The van der Waals surface area contributed by atoms with Gasteiger partial charge in [-0.1, -0.05) is 49.0 Å². The van der Waals surface area contributed by atoms with Gasteiger partial charge in [0.1, 0.15) is 6.61 Å². The van der Waals surface area contributed by atoms with Crippen LogP contribution in [0, 0.1) is 0 Å². The van der Waals surface area contributed by atoms with Crippen molar-refractivity contribution in [3.63, 3.8) is 0 Å². The summed E-state index contributed by atoms with van der Waals surface area (Å²) in [6.07, 6.45) is 0.715. The second-order valence-electron chi connectivity index (χ2n) is 6.06. The van der Waals surface area contributed by atoms with Crippen molar-refractivity contribution in [2.45, 2.75) is 31.6 Å². The molecular weight excluding hydrogens is 352 g/mol. The molecule has 2 atom stereocenters. The fraction of sp³-hybridized carbons (Fsp3) is 0.421. The maximum absolute atomic E-state index is 12.9. The molecule has 1 fully saturated rings. The summed E-state index contributed by atoms with van der Waals surface area (Å²) >= 11 is 1.46. The summed E-state index contributed by atoms with van der Waals surface area (Å²) in [6.45, 7) is 4.24. The van der Waals surface area contributed by atoms with E-state index in [-0.39, 0.29) is 17.8 Å². The number of thioether (sulfide) groups is 1. The Morgan fingerprint density at radius 2 is 2.00 bits per heavy atom.